The molecule has 0 N–H and O–H groups in total. The Kier molecular flexibility index (Phi) is 6.09. The summed E-state index contributed by atoms with van der Waals surface area (Å²) in [5, 5.41) is 3.01. The first-order chi connectivity index (χ1) is 13.7. The molecule has 1 saturated heterocycles. The Morgan fingerprint density at radius 2 is 2.14 bits per heavy atom. The minimum absolute atomic E-state index is 0.100. The van der Waals surface area contributed by atoms with Gasteiger partial charge >= 0.3 is 0 Å². The van der Waals surface area contributed by atoms with Gasteiger partial charge in [0.1, 0.15) is 0 Å². The number of benzene rings is 1. The average Bonchev–Trinajstić information content (AvgIpc) is 3.36. The fraction of sp³-hybridized carbons (Fsp3) is 0.350. The molecule has 146 valence electrons. The molecule has 3 aromatic rings. The number of hydrogen-bond donors (Lipinski definition) is 0. The van der Waals surface area contributed by atoms with Crippen molar-refractivity contribution >= 4 is 29.0 Å². The van der Waals surface area contributed by atoms with Gasteiger partial charge in [-0.25, -0.2) is 9.97 Å². The zero-order valence-corrected chi connectivity index (χ0v) is 17.5. The van der Waals surface area contributed by atoms with Crippen molar-refractivity contribution in [2.75, 3.05) is 32.4 Å². The topological polar surface area (TPSA) is 54.3 Å². The van der Waals surface area contributed by atoms with E-state index in [0.717, 1.165) is 61.2 Å². The number of thioether (sulfide) groups is 1. The number of amides is 1. The van der Waals surface area contributed by atoms with Gasteiger partial charge in [0.2, 0.25) is 0 Å². The van der Waals surface area contributed by atoms with Crippen molar-refractivity contribution in [1.29, 1.82) is 0 Å². The zero-order chi connectivity index (χ0) is 19.3. The van der Waals surface area contributed by atoms with Crippen LogP contribution in [0.1, 0.15) is 22.5 Å². The highest BCUT2D eigenvalue weighted by Gasteiger charge is 2.21. The Bertz CT molecular complexity index is 924. The highest BCUT2D eigenvalue weighted by atomic mass is 32.2. The summed E-state index contributed by atoms with van der Waals surface area (Å²) in [6.07, 6.45) is 6.69. The van der Waals surface area contributed by atoms with E-state index in [1.165, 1.54) is 0 Å². The molecular weight excluding hydrogens is 390 g/mol. The number of aromatic nitrogens is 3. The second kappa shape index (κ2) is 8.89. The Labute approximate surface area is 173 Å². The predicted octanol–water partition coefficient (Wildman–Crippen LogP) is 3.40. The van der Waals surface area contributed by atoms with Crippen LogP contribution in [0.15, 0.2) is 52.7 Å². The van der Waals surface area contributed by atoms with Gasteiger partial charge in [0.05, 0.1) is 11.2 Å². The van der Waals surface area contributed by atoms with Crippen LogP contribution >= 0.6 is 23.1 Å². The van der Waals surface area contributed by atoms with Gasteiger partial charge < -0.3 is 4.90 Å². The van der Waals surface area contributed by atoms with Gasteiger partial charge in [-0.1, -0.05) is 17.8 Å². The molecule has 0 bridgehead atoms. The predicted molar refractivity (Wildman–Crippen MR) is 113 cm³/mol. The van der Waals surface area contributed by atoms with Gasteiger partial charge in [-0.3, -0.25) is 14.3 Å². The Hall–Kier alpha value is -2.16. The number of carbonyl (C=O) groups is 1. The maximum absolute atomic E-state index is 13.1. The normalized spacial score (nSPS) is 15.5. The first kappa shape index (κ1) is 19.2. The van der Waals surface area contributed by atoms with Crippen LogP contribution in [-0.4, -0.2) is 62.7 Å². The quantitative estimate of drug-likeness (QED) is 0.600. The van der Waals surface area contributed by atoms with Crippen molar-refractivity contribution in [2.45, 2.75) is 18.1 Å². The minimum atomic E-state index is 0.100. The molecule has 1 aliphatic heterocycles. The standard InChI is InChI=1S/C20H23N5OS2/c1-27-20-21-6-9-25(20)18-5-2-4-16(12-18)19(26)24-8-3-7-23(10-11-24)13-17-14-28-15-22-17/h2,4-6,9,12,14-15H,3,7-8,10-11,13H2,1H3. The SMILES string of the molecule is CSc1nccn1-c1cccc(C(=O)N2CCCN(Cc3cscn3)CC2)c1. The van der Waals surface area contributed by atoms with E-state index in [-0.39, 0.29) is 5.91 Å². The summed E-state index contributed by atoms with van der Waals surface area (Å²) < 4.78 is 2.01. The highest BCUT2D eigenvalue weighted by molar-refractivity contribution is 7.98. The van der Waals surface area contributed by atoms with E-state index in [1.54, 1.807) is 29.3 Å². The zero-order valence-electron chi connectivity index (χ0n) is 15.8. The summed E-state index contributed by atoms with van der Waals surface area (Å²) in [6, 6.07) is 7.82. The molecule has 0 atom stereocenters. The van der Waals surface area contributed by atoms with Crippen LogP contribution in [-0.2, 0) is 6.54 Å². The fourth-order valence-electron chi connectivity index (χ4n) is 3.49. The maximum atomic E-state index is 13.1. The molecule has 8 heteroatoms. The number of nitrogens with zero attached hydrogens (tertiary/aromatic N) is 5. The van der Waals surface area contributed by atoms with Crippen molar-refractivity contribution in [3.05, 3.63) is 58.8 Å². The molecule has 0 aliphatic carbocycles. The van der Waals surface area contributed by atoms with Crippen molar-refractivity contribution in [3.63, 3.8) is 0 Å². The van der Waals surface area contributed by atoms with Gasteiger partial charge in [0, 0.05) is 61.7 Å². The Morgan fingerprint density at radius 1 is 1.21 bits per heavy atom. The van der Waals surface area contributed by atoms with E-state index in [9.17, 15) is 4.79 Å². The first-order valence-corrected chi connectivity index (χ1v) is 11.5. The lowest BCUT2D eigenvalue weighted by Gasteiger charge is -2.22. The molecule has 1 aromatic carbocycles. The monoisotopic (exact) mass is 413 g/mol. The highest BCUT2D eigenvalue weighted by Crippen LogP contribution is 2.20. The third-order valence-corrected chi connectivity index (χ3v) is 6.21. The summed E-state index contributed by atoms with van der Waals surface area (Å²) >= 11 is 3.22. The molecular formula is C20H23N5OS2. The number of hydrogen-bond acceptors (Lipinski definition) is 6. The summed E-state index contributed by atoms with van der Waals surface area (Å²) in [7, 11) is 0. The van der Waals surface area contributed by atoms with Gasteiger partial charge in [0.15, 0.2) is 5.16 Å². The lowest BCUT2D eigenvalue weighted by Crippen LogP contribution is -2.35. The first-order valence-electron chi connectivity index (χ1n) is 9.31. The van der Waals surface area contributed by atoms with Gasteiger partial charge in [-0.2, -0.15) is 0 Å². The van der Waals surface area contributed by atoms with Crippen molar-refractivity contribution < 1.29 is 4.79 Å². The molecule has 0 radical (unpaired) electrons. The van der Waals surface area contributed by atoms with E-state index in [0.29, 0.717) is 0 Å². The third-order valence-electron chi connectivity index (χ3n) is 4.91. The molecule has 2 aromatic heterocycles. The van der Waals surface area contributed by atoms with Crippen molar-refractivity contribution in [3.8, 4) is 5.69 Å². The number of imidazole rings is 1. The fourth-order valence-corrected chi connectivity index (χ4v) is 4.56. The second-order valence-corrected chi connectivity index (χ2v) is 8.23. The van der Waals surface area contributed by atoms with Crippen LogP contribution in [0.3, 0.4) is 0 Å². The molecule has 28 heavy (non-hydrogen) atoms. The molecule has 1 amide bonds. The molecule has 3 heterocycles. The maximum Gasteiger partial charge on any atom is 0.253 e. The van der Waals surface area contributed by atoms with E-state index in [2.05, 4.69) is 20.2 Å². The summed E-state index contributed by atoms with van der Waals surface area (Å²) in [5.41, 5.74) is 4.68. The molecule has 1 aliphatic rings. The van der Waals surface area contributed by atoms with Crippen molar-refractivity contribution in [2.24, 2.45) is 0 Å². The van der Waals surface area contributed by atoms with Crippen LogP contribution in [0.5, 0.6) is 0 Å². The lowest BCUT2D eigenvalue weighted by molar-refractivity contribution is 0.0761. The van der Waals surface area contributed by atoms with Crippen LogP contribution in [0.25, 0.3) is 5.69 Å². The van der Waals surface area contributed by atoms with Gasteiger partial charge in [-0.15, -0.1) is 11.3 Å². The van der Waals surface area contributed by atoms with Crippen LogP contribution in [0.4, 0.5) is 0 Å². The number of rotatable bonds is 5. The molecule has 4 rings (SSSR count). The largest absolute Gasteiger partial charge is 0.337 e. The molecule has 0 spiro atoms. The summed E-state index contributed by atoms with van der Waals surface area (Å²) in [6.45, 7) is 4.26. The lowest BCUT2D eigenvalue weighted by atomic mass is 10.1. The minimum Gasteiger partial charge on any atom is -0.337 e. The third kappa shape index (κ3) is 4.29. The van der Waals surface area contributed by atoms with Crippen LogP contribution in [0.2, 0.25) is 0 Å². The Balaban J connectivity index is 1.45. The van der Waals surface area contributed by atoms with E-state index in [4.69, 9.17) is 0 Å². The van der Waals surface area contributed by atoms with Gasteiger partial charge in [-0.05, 0) is 30.9 Å². The average molecular weight is 414 g/mol. The van der Waals surface area contributed by atoms with E-state index < -0.39 is 0 Å². The smallest absolute Gasteiger partial charge is 0.253 e. The molecule has 0 saturated carbocycles. The summed E-state index contributed by atoms with van der Waals surface area (Å²) in [5.74, 6) is 0.100. The van der Waals surface area contributed by atoms with E-state index >= 15 is 0 Å². The number of carbonyl (C=O) groups excluding carboxylic acids is 1. The second-order valence-electron chi connectivity index (χ2n) is 6.74. The van der Waals surface area contributed by atoms with E-state index in [1.807, 2.05) is 51.7 Å². The van der Waals surface area contributed by atoms with Crippen LogP contribution < -0.4 is 0 Å². The Morgan fingerprint density at radius 3 is 2.96 bits per heavy atom. The molecule has 0 unspecified atom stereocenters. The van der Waals surface area contributed by atoms with Crippen LogP contribution in [0, 0.1) is 0 Å². The summed E-state index contributed by atoms with van der Waals surface area (Å²) in [4.78, 5) is 26.2. The van der Waals surface area contributed by atoms with Crippen molar-refractivity contribution in [1.82, 2.24) is 24.3 Å². The number of thiazole rings is 1. The molecule has 6 nitrogen and oxygen atoms in total. The van der Waals surface area contributed by atoms with Gasteiger partial charge in [0.25, 0.3) is 5.91 Å². The molecule has 1 fully saturated rings.